The molecule has 6 aromatic rings. The van der Waals surface area contributed by atoms with Crippen LogP contribution in [0, 0.1) is 13.8 Å². The molecule has 292 valence electrons. The first-order valence-corrected chi connectivity index (χ1v) is 21.7. The van der Waals surface area contributed by atoms with E-state index in [-0.39, 0.29) is 54.1 Å². The van der Waals surface area contributed by atoms with Crippen molar-refractivity contribution in [2.24, 2.45) is 0 Å². The van der Waals surface area contributed by atoms with Crippen molar-refractivity contribution in [3.05, 3.63) is 108 Å². The molecule has 0 spiro atoms. The fourth-order valence-corrected chi connectivity index (χ4v) is 9.53. The quantitative estimate of drug-likeness (QED) is 0.0602. The van der Waals surface area contributed by atoms with Crippen LogP contribution in [0.3, 0.4) is 0 Å². The number of nitrogens with one attached hydrogen (secondary N) is 4. The van der Waals surface area contributed by atoms with Crippen molar-refractivity contribution in [2.75, 3.05) is 20.1 Å². The van der Waals surface area contributed by atoms with Crippen molar-refractivity contribution >= 4 is 90.6 Å². The van der Waals surface area contributed by atoms with E-state index in [0.29, 0.717) is 11.1 Å². The third-order valence-corrected chi connectivity index (χ3v) is 13.1. The highest BCUT2D eigenvalue weighted by Gasteiger charge is 2.23. The Hall–Kier alpha value is -5.97. The molecule has 0 fully saturated rings. The molecular formula is C35H30N4O13S4. The highest BCUT2D eigenvalue weighted by Crippen LogP contribution is 2.38. The molecule has 8 N–H and O–H groups in total. The molecular weight excluding hydrogens is 813 g/mol. The summed E-state index contributed by atoms with van der Waals surface area (Å²) in [5.41, 5.74) is 0.536. The number of aryl methyl sites for hydroxylation is 2. The highest BCUT2D eigenvalue weighted by atomic mass is 32.2. The molecule has 0 aliphatic carbocycles. The number of hydrogen-bond acceptors (Lipinski definition) is 11. The lowest BCUT2D eigenvalue weighted by molar-refractivity contribution is 0.262. The summed E-state index contributed by atoms with van der Waals surface area (Å²) in [4.78, 5) is 11.5. The van der Waals surface area contributed by atoms with Gasteiger partial charge in [-0.05, 0) is 85.6 Å². The number of amides is 2. The van der Waals surface area contributed by atoms with Crippen LogP contribution in [0.25, 0.3) is 21.5 Å². The van der Waals surface area contributed by atoms with Crippen LogP contribution < -0.4 is 20.1 Å². The minimum atomic E-state index is -4.64. The molecule has 0 saturated heterocycles. The van der Waals surface area contributed by atoms with E-state index >= 15 is 0 Å². The fourth-order valence-electron chi connectivity index (χ4n) is 5.81. The van der Waals surface area contributed by atoms with Gasteiger partial charge in [0.05, 0.1) is 21.2 Å². The Morgan fingerprint density at radius 1 is 0.482 bits per heavy atom. The Bertz CT molecular complexity index is 2880. The smallest absolute Gasteiger partial charge is 0.323 e. The summed E-state index contributed by atoms with van der Waals surface area (Å²) < 4.78 is 123. The Morgan fingerprint density at radius 2 is 0.839 bits per heavy atom. The average Bonchev–Trinajstić information content (AvgIpc) is 3.11. The first-order valence-electron chi connectivity index (χ1n) is 15.9. The zero-order valence-corrected chi connectivity index (χ0v) is 32.1. The first-order chi connectivity index (χ1) is 26.1. The summed E-state index contributed by atoms with van der Waals surface area (Å²) >= 11 is 0. The van der Waals surface area contributed by atoms with Crippen LogP contribution in [0.5, 0.6) is 11.5 Å². The minimum Gasteiger partial charge on any atom is -0.505 e. The van der Waals surface area contributed by atoms with Crippen molar-refractivity contribution < 1.29 is 57.8 Å². The van der Waals surface area contributed by atoms with Gasteiger partial charge >= 0.3 is 6.03 Å². The molecule has 0 atom stereocenters. The van der Waals surface area contributed by atoms with Gasteiger partial charge in [0.2, 0.25) is 0 Å². The number of phenols is 2. The number of benzene rings is 6. The normalized spacial score (nSPS) is 12.4. The SMILES string of the molecule is Cc1cc(S(=O)(=O)Nc2ccc3c(S(=O)(=O)O)cccc3c2O)ccc1NC(=O)Nc1ccc(S(=O)(=O)Nc2ccc3c(S(=O)(=O)O)cccc3c2O)cc1C. The number of aromatic hydroxyl groups is 2. The van der Waals surface area contributed by atoms with Crippen molar-refractivity contribution in [3.63, 3.8) is 0 Å². The Kier molecular flexibility index (Phi) is 10.1. The fraction of sp³-hybridized carbons (Fsp3) is 0.0571. The van der Waals surface area contributed by atoms with Crippen molar-refractivity contribution in [1.29, 1.82) is 0 Å². The summed E-state index contributed by atoms with van der Waals surface area (Å²) in [6.45, 7) is 3.05. The number of carbonyl (C=O) groups is 1. The van der Waals surface area contributed by atoms with Gasteiger partial charge in [-0.1, -0.05) is 36.4 Å². The number of rotatable bonds is 10. The summed E-state index contributed by atoms with van der Waals surface area (Å²) in [6.07, 6.45) is 0. The molecule has 0 radical (unpaired) electrons. The first kappa shape index (κ1) is 39.7. The highest BCUT2D eigenvalue weighted by molar-refractivity contribution is 7.93. The molecule has 0 aliphatic rings. The maximum atomic E-state index is 13.2. The third-order valence-electron chi connectivity index (χ3n) is 8.54. The lowest BCUT2D eigenvalue weighted by atomic mass is 10.1. The van der Waals surface area contributed by atoms with Crippen LogP contribution in [0.1, 0.15) is 11.1 Å². The van der Waals surface area contributed by atoms with Crippen LogP contribution >= 0.6 is 0 Å². The second-order valence-electron chi connectivity index (χ2n) is 12.3. The molecule has 0 heterocycles. The number of phenolic OH excluding ortho intramolecular Hbond substituents is 2. The maximum absolute atomic E-state index is 13.2. The predicted molar refractivity (Wildman–Crippen MR) is 207 cm³/mol. The Balaban J connectivity index is 1.14. The van der Waals surface area contributed by atoms with E-state index in [1.807, 2.05) is 0 Å². The topological polar surface area (TPSA) is 283 Å². The number of sulfonamides is 2. The number of carbonyl (C=O) groups excluding carboxylic acids is 1. The lowest BCUT2D eigenvalue weighted by Gasteiger charge is -2.15. The van der Waals surface area contributed by atoms with Gasteiger partial charge in [0.15, 0.2) is 0 Å². The largest absolute Gasteiger partial charge is 0.505 e. The van der Waals surface area contributed by atoms with Gasteiger partial charge in [0.1, 0.15) is 21.3 Å². The van der Waals surface area contributed by atoms with E-state index in [1.54, 1.807) is 0 Å². The zero-order chi connectivity index (χ0) is 41.0. The average molecular weight is 843 g/mol. The van der Waals surface area contributed by atoms with Gasteiger partial charge in [-0.3, -0.25) is 18.5 Å². The van der Waals surface area contributed by atoms with Gasteiger partial charge in [0, 0.05) is 32.9 Å². The predicted octanol–water partition coefficient (Wildman–Crippen LogP) is 5.76. The van der Waals surface area contributed by atoms with Gasteiger partial charge in [0.25, 0.3) is 40.3 Å². The molecule has 0 unspecified atom stereocenters. The van der Waals surface area contributed by atoms with Crippen molar-refractivity contribution in [3.8, 4) is 11.5 Å². The summed E-state index contributed by atoms with van der Waals surface area (Å²) in [6, 6.07) is 19.0. The molecule has 0 saturated carbocycles. The van der Waals surface area contributed by atoms with Gasteiger partial charge in [-0.25, -0.2) is 21.6 Å². The van der Waals surface area contributed by atoms with Gasteiger partial charge in [-0.2, -0.15) is 16.8 Å². The van der Waals surface area contributed by atoms with Crippen LogP contribution in [-0.4, -0.2) is 59.0 Å². The van der Waals surface area contributed by atoms with Gasteiger partial charge in [-0.15, -0.1) is 0 Å². The molecule has 21 heteroatoms. The van der Waals surface area contributed by atoms with Crippen molar-refractivity contribution in [2.45, 2.75) is 33.4 Å². The molecule has 0 aromatic heterocycles. The van der Waals surface area contributed by atoms with E-state index in [2.05, 4.69) is 20.1 Å². The monoisotopic (exact) mass is 842 g/mol. The van der Waals surface area contributed by atoms with Crippen LogP contribution in [0.15, 0.2) is 117 Å². The number of hydrogen-bond donors (Lipinski definition) is 8. The summed E-state index contributed by atoms with van der Waals surface area (Å²) in [5.74, 6) is -1.16. The number of urea groups is 1. The summed E-state index contributed by atoms with van der Waals surface area (Å²) in [7, 11) is -17.9. The summed E-state index contributed by atoms with van der Waals surface area (Å²) in [5, 5.41) is 26.5. The molecule has 0 bridgehead atoms. The Morgan fingerprint density at radius 3 is 1.18 bits per heavy atom. The molecule has 2 amide bonds. The van der Waals surface area contributed by atoms with Gasteiger partial charge < -0.3 is 20.8 Å². The molecule has 6 rings (SSSR count). The lowest BCUT2D eigenvalue weighted by Crippen LogP contribution is -2.21. The minimum absolute atomic E-state index is 0.0331. The van der Waals surface area contributed by atoms with E-state index in [4.69, 9.17) is 0 Å². The third kappa shape index (κ3) is 7.89. The molecule has 6 aromatic carbocycles. The maximum Gasteiger partial charge on any atom is 0.323 e. The standard InChI is InChI=1S/C35H30N4O13S4/c1-19-17-21(53(43,44)38-29-15-11-23-25(33(29)40)5-3-7-31(23)55(47,48)49)9-13-27(19)36-35(42)37-28-14-10-22(18-20(28)2)54(45,46)39-30-16-12-24-26(34(30)41)6-4-8-32(24)56(50,51)52/h3-18,38-41H,1-2H3,(H2,36,37,42)(H,47,48,49)(H,50,51,52). The van der Waals surface area contributed by atoms with Crippen molar-refractivity contribution in [1.82, 2.24) is 0 Å². The van der Waals surface area contributed by atoms with E-state index in [0.717, 1.165) is 24.3 Å². The molecule has 56 heavy (non-hydrogen) atoms. The number of anilines is 4. The number of fused-ring (bicyclic) bond motifs is 2. The van der Waals surface area contributed by atoms with E-state index < -0.39 is 67.6 Å². The second kappa shape index (κ2) is 14.3. The second-order valence-corrected chi connectivity index (χ2v) is 18.5. The Labute approximate surface area is 320 Å². The van der Waals surface area contributed by atoms with Crippen LogP contribution in [0.4, 0.5) is 27.5 Å². The molecule has 17 nitrogen and oxygen atoms in total. The van der Waals surface area contributed by atoms with E-state index in [1.165, 1.54) is 86.6 Å². The molecule has 0 aliphatic heterocycles. The van der Waals surface area contributed by atoms with E-state index in [9.17, 15) is 57.8 Å². The zero-order valence-electron chi connectivity index (χ0n) is 28.8. The van der Waals surface area contributed by atoms with Crippen LogP contribution in [-0.2, 0) is 40.3 Å². The van der Waals surface area contributed by atoms with Crippen LogP contribution in [0.2, 0.25) is 0 Å².